The molecule has 4 nitrogen and oxygen atoms in total. The fourth-order valence-electron chi connectivity index (χ4n) is 1.33. The first-order chi connectivity index (χ1) is 8.06. The van der Waals surface area contributed by atoms with E-state index in [1.54, 1.807) is 31.2 Å². The molecular weight excluding hydrogens is 260 g/mol. The Balaban J connectivity index is 2.40. The van der Waals surface area contributed by atoms with E-state index in [9.17, 15) is 4.79 Å². The molecule has 0 atom stereocenters. The quantitative estimate of drug-likeness (QED) is 0.823. The number of ether oxygens (including phenoxy) is 1. The van der Waals surface area contributed by atoms with E-state index < -0.39 is 0 Å². The molecule has 1 heterocycles. The van der Waals surface area contributed by atoms with Crippen LogP contribution in [0.2, 0.25) is 5.02 Å². The zero-order valence-electron chi connectivity index (χ0n) is 8.91. The Kier molecular flexibility index (Phi) is 3.31. The van der Waals surface area contributed by atoms with Crippen molar-refractivity contribution in [2.75, 3.05) is 0 Å². The molecule has 88 valence electrons. The van der Waals surface area contributed by atoms with Crippen molar-refractivity contribution < 1.29 is 4.74 Å². The van der Waals surface area contributed by atoms with E-state index in [-0.39, 0.29) is 16.1 Å². The second kappa shape index (κ2) is 4.73. The minimum absolute atomic E-state index is 0.195. The molecule has 2 rings (SSSR count). The van der Waals surface area contributed by atoms with Crippen LogP contribution in [0.4, 0.5) is 0 Å². The van der Waals surface area contributed by atoms with Crippen LogP contribution in [-0.2, 0) is 0 Å². The van der Waals surface area contributed by atoms with Crippen molar-refractivity contribution >= 4 is 23.8 Å². The summed E-state index contributed by atoms with van der Waals surface area (Å²) in [6.07, 6.45) is 0. The van der Waals surface area contributed by atoms with Gasteiger partial charge in [-0.1, -0.05) is 11.6 Å². The Bertz CT molecular complexity index is 646. The Morgan fingerprint density at radius 2 is 1.88 bits per heavy atom. The normalized spacial score (nSPS) is 10.2. The van der Waals surface area contributed by atoms with Crippen LogP contribution in [0.3, 0.4) is 0 Å². The lowest BCUT2D eigenvalue weighted by atomic mass is 10.3. The Labute approximate surface area is 107 Å². The van der Waals surface area contributed by atoms with Crippen LogP contribution >= 0.6 is 23.8 Å². The van der Waals surface area contributed by atoms with Crippen molar-refractivity contribution in [3.05, 3.63) is 50.1 Å². The van der Waals surface area contributed by atoms with Crippen molar-refractivity contribution in [2.45, 2.75) is 6.92 Å². The molecule has 0 spiro atoms. The average Bonchev–Trinajstić information content (AvgIpc) is 2.26. The highest BCUT2D eigenvalue weighted by Crippen LogP contribution is 2.21. The van der Waals surface area contributed by atoms with Crippen LogP contribution in [0.1, 0.15) is 5.69 Å². The summed E-state index contributed by atoms with van der Waals surface area (Å²) in [4.78, 5) is 16.9. The van der Waals surface area contributed by atoms with Crippen molar-refractivity contribution in [3.63, 3.8) is 0 Å². The molecule has 1 aromatic carbocycles. The van der Waals surface area contributed by atoms with Crippen LogP contribution in [-0.4, -0.2) is 9.97 Å². The number of halogens is 1. The molecular formula is C11H9ClN2O2S. The molecule has 0 bridgehead atoms. The maximum atomic E-state index is 11.6. The molecule has 0 saturated carbocycles. The number of hydrogen-bond donors (Lipinski definition) is 2. The number of rotatable bonds is 2. The highest BCUT2D eigenvalue weighted by molar-refractivity contribution is 7.71. The van der Waals surface area contributed by atoms with E-state index in [1.165, 1.54) is 0 Å². The van der Waals surface area contributed by atoms with Gasteiger partial charge in [0.2, 0.25) is 5.75 Å². The summed E-state index contributed by atoms with van der Waals surface area (Å²) in [5, 5.41) is 0.607. The third-order valence-corrected chi connectivity index (χ3v) is 2.56. The smallest absolute Gasteiger partial charge is 0.294 e. The maximum Gasteiger partial charge on any atom is 0.294 e. The second-order valence-electron chi connectivity index (χ2n) is 3.42. The third-order valence-electron chi connectivity index (χ3n) is 2.11. The highest BCUT2D eigenvalue weighted by Gasteiger charge is 2.07. The van der Waals surface area contributed by atoms with E-state index in [1.807, 2.05) is 0 Å². The number of nitrogens with one attached hydrogen (secondary N) is 2. The maximum absolute atomic E-state index is 11.6. The summed E-state index contributed by atoms with van der Waals surface area (Å²) in [7, 11) is 0. The molecule has 17 heavy (non-hydrogen) atoms. The number of benzene rings is 1. The molecule has 0 aliphatic rings. The van der Waals surface area contributed by atoms with Crippen LogP contribution in [0.5, 0.6) is 11.5 Å². The van der Waals surface area contributed by atoms with E-state index in [4.69, 9.17) is 28.6 Å². The zero-order chi connectivity index (χ0) is 12.4. The number of hydrogen-bond acceptors (Lipinski definition) is 3. The van der Waals surface area contributed by atoms with Crippen LogP contribution in [0, 0.1) is 11.7 Å². The highest BCUT2D eigenvalue weighted by atomic mass is 35.5. The first kappa shape index (κ1) is 11.9. The van der Waals surface area contributed by atoms with Crippen LogP contribution < -0.4 is 10.3 Å². The van der Waals surface area contributed by atoms with Gasteiger partial charge in [-0.25, -0.2) is 0 Å². The van der Waals surface area contributed by atoms with Gasteiger partial charge in [-0.05, 0) is 43.4 Å². The summed E-state index contributed by atoms with van der Waals surface area (Å²) >= 11 is 10.6. The summed E-state index contributed by atoms with van der Waals surface area (Å²) in [5.74, 6) is 0.731. The number of aromatic nitrogens is 2. The molecule has 2 N–H and O–H groups in total. The first-order valence-electron chi connectivity index (χ1n) is 4.83. The SMILES string of the molecule is Cc1[nH]c(=S)[nH]c(=O)c1Oc1ccc(Cl)cc1. The van der Waals surface area contributed by atoms with Crippen LogP contribution in [0.25, 0.3) is 0 Å². The molecule has 6 heteroatoms. The fraction of sp³-hybridized carbons (Fsp3) is 0.0909. The average molecular weight is 269 g/mol. The van der Waals surface area contributed by atoms with Gasteiger partial charge in [-0.2, -0.15) is 0 Å². The topological polar surface area (TPSA) is 57.9 Å². The van der Waals surface area contributed by atoms with Crippen LogP contribution in [0.15, 0.2) is 29.1 Å². The van der Waals surface area contributed by atoms with E-state index in [0.717, 1.165) is 0 Å². The van der Waals surface area contributed by atoms with Gasteiger partial charge in [-0.15, -0.1) is 0 Å². The van der Waals surface area contributed by atoms with Gasteiger partial charge >= 0.3 is 0 Å². The first-order valence-corrected chi connectivity index (χ1v) is 5.61. The molecule has 0 saturated heterocycles. The lowest BCUT2D eigenvalue weighted by molar-refractivity contribution is 0.466. The predicted molar refractivity (Wildman–Crippen MR) is 68.5 cm³/mol. The molecule has 1 aromatic heterocycles. The molecule has 2 aromatic rings. The minimum Gasteiger partial charge on any atom is -0.450 e. The Morgan fingerprint density at radius 1 is 1.24 bits per heavy atom. The molecule has 0 amide bonds. The molecule has 0 aliphatic carbocycles. The monoisotopic (exact) mass is 268 g/mol. The van der Waals surface area contributed by atoms with Crippen molar-refractivity contribution in [3.8, 4) is 11.5 Å². The Morgan fingerprint density at radius 3 is 2.47 bits per heavy atom. The number of aromatic amines is 2. The minimum atomic E-state index is -0.360. The van der Waals surface area contributed by atoms with E-state index in [2.05, 4.69) is 9.97 Å². The zero-order valence-corrected chi connectivity index (χ0v) is 10.5. The standard InChI is InChI=1S/C11H9ClN2O2S/c1-6-9(10(15)14-11(17)13-6)16-8-4-2-7(12)3-5-8/h2-5H,1H3,(H2,13,14,15,17). The van der Waals surface area contributed by atoms with Gasteiger partial charge in [0.1, 0.15) is 5.75 Å². The molecule has 0 aliphatic heterocycles. The largest absolute Gasteiger partial charge is 0.450 e. The molecule has 0 unspecified atom stereocenters. The lowest BCUT2D eigenvalue weighted by Gasteiger charge is -2.07. The van der Waals surface area contributed by atoms with Crippen molar-refractivity contribution in [1.82, 2.24) is 9.97 Å². The van der Waals surface area contributed by atoms with Gasteiger partial charge in [0, 0.05) is 5.02 Å². The van der Waals surface area contributed by atoms with Crippen molar-refractivity contribution in [1.29, 1.82) is 0 Å². The van der Waals surface area contributed by atoms with Gasteiger partial charge < -0.3 is 9.72 Å². The number of aryl methyl sites for hydroxylation is 1. The number of H-pyrrole nitrogens is 2. The van der Waals surface area contributed by atoms with E-state index >= 15 is 0 Å². The van der Waals surface area contributed by atoms with Crippen molar-refractivity contribution in [2.24, 2.45) is 0 Å². The van der Waals surface area contributed by atoms with Gasteiger partial charge in [0.25, 0.3) is 5.56 Å². The summed E-state index contributed by atoms with van der Waals surface area (Å²) < 4.78 is 5.74. The fourth-order valence-corrected chi connectivity index (χ4v) is 1.70. The predicted octanol–water partition coefficient (Wildman–Crippen LogP) is 3.19. The summed E-state index contributed by atoms with van der Waals surface area (Å²) in [6, 6.07) is 6.74. The molecule has 0 fully saturated rings. The summed E-state index contributed by atoms with van der Waals surface area (Å²) in [5.41, 5.74) is 0.218. The second-order valence-corrected chi connectivity index (χ2v) is 4.26. The lowest BCUT2D eigenvalue weighted by Crippen LogP contribution is -2.12. The van der Waals surface area contributed by atoms with Gasteiger partial charge in [0.15, 0.2) is 4.77 Å². The summed E-state index contributed by atoms with van der Waals surface area (Å²) in [6.45, 7) is 1.72. The van der Waals surface area contributed by atoms with E-state index in [0.29, 0.717) is 16.5 Å². The van der Waals surface area contributed by atoms with Gasteiger partial charge in [0.05, 0.1) is 5.69 Å². The molecule has 0 radical (unpaired) electrons. The Hall–Kier alpha value is -1.59. The van der Waals surface area contributed by atoms with Gasteiger partial charge in [-0.3, -0.25) is 9.78 Å². The third kappa shape index (κ3) is 2.75.